The first-order chi connectivity index (χ1) is 12.6. The van der Waals surface area contributed by atoms with E-state index in [1.54, 1.807) is 23.7 Å². The van der Waals surface area contributed by atoms with Crippen molar-refractivity contribution in [3.05, 3.63) is 35.0 Å². The number of benzene rings is 1. The van der Waals surface area contributed by atoms with E-state index in [4.69, 9.17) is 9.47 Å². The van der Waals surface area contributed by atoms with Crippen LogP contribution in [-0.4, -0.2) is 34.8 Å². The van der Waals surface area contributed by atoms with E-state index >= 15 is 0 Å². The number of carbonyl (C=O) groups excluding carboxylic acids is 1. The summed E-state index contributed by atoms with van der Waals surface area (Å²) in [5.41, 5.74) is 1.87. The van der Waals surface area contributed by atoms with Gasteiger partial charge in [0.15, 0.2) is 11.5 Å². The highest BCUT2D eigenvalue weighted by Gasteiger charge is 2.15. The quantitative estimate of drug-likeness (QED) is 0.542. The predicted molar refractivity (Wildman–Crippen MR) is 104 cm³/mol. The lowest BCUT2D eigenvalue weighted by Gasteiger charge is -2.19. The number of amides is 1. The average molecular weight is 387 g/mol. The first kappa shape index (κ1) is 17.1. The Morgan fingerprint density at radius 3 is 2.88 bits per heavy atom. The molecule has 0 radical (unpaired) electrons. The van der Waals surface area contributed by atoms with Crippen LogP contribution in [0.5, 0.6) is 11.5 Å². The highest BCUT2D eigenvalue weighted by atomic mass is 32.2. The summed E-state index contributed by atoms with van der Waals surface area (Å²) in [6, 6.07) is 5.40. The van der Waals surface area contributed by atoms with E-state index < -0.39 is 0 Å². The average Bonchev–Trinajstić information content (AvgIpc) is 2.94. The maximum atomic E-state index is 12.3. The van der Waals surface area contributed by atoms with Crippen molar-refractivity contribution in [1.29, 1.82) is 0 Å². The maximum Gasteiger partial charge on any atom is 0.234 e. The Balaban J connectivity index is 1.45. The van der Waals surface area contributed by atoms with E-state index in [9.17, 15) is 4.79 Å². The van der Waals surface area contributed by atoms with Crippen molar-refractivity contribution in [2.24, 2.45) is 0 Å². The number of nitrogens with one attached hydrogen (secondary N) is 1. The molecule has 0 aliphatic carbocycles. The van der Waals surface area contributed by atoms with Crippen LogP contribution in [0.1, 0.15) is 10.4 Å². The molecule has 1 N–H and O–H groups in total. The van der Waals surface area contributed by atoms with E-state index in [1.165, 1.54) is 22.2 Å². The lowest BCUT2D eigenvalue weighted by Crippen LogP contribution is -2.17. The van der Waals surface area contributed by atoms with Gasteiger partial charge < -0.3 is 14.8 Å². The summed E-state index contributed by atoms with van der Waals surface area (Å²) in [4.78, 5) is 23.2. The van der Waals surface area contributed by atoms with Crippen molar-refractivity contribution >= 4 is 44.9 Å². The molecule has 0 spiro atoms. The number of carbonyl (C=O) groups is 1. The summed E-state index contributed by atoms with van der Waals surface area (Å²) in [5, 5.41) is 4.78. The Morgan fingerprint density at radius 1 is 1.23 bits per heavy atom. The van der Waals surface area contributed by atoms with Gasteiger partial charge in [-0.3, -0.25) is 4.79 Å². The van der Waals surface area contributed by atoms with Crippen LogP contribution in [0.15, 0.2) is 29.6 Å². The fourth-order valence-electron chi connectivity index (χ4n) is 2.71. The summed E-state index contributed by atoms with van der Waals surface area (Å²) < 4.78 is 11.0. The van der Waals surface area contributed by atoms with Crippen LogP contribution in [0.3, 0.4) is 0 Å². The van der Waals surface area contributed by atoms with Gasteiger partial charge in [0, 0.05) is 22.0 Å². The molecule has 6 nitrogen and oxygen atoms in total. The molecule has 0 fully saturated rings. The second kappa shape index (κ2) is 7.13. The molecule has 3 aromatic rings. The molecule has 1 amide bonds. The van der Waals surface area contributed by atoms with E-state index in [0.717, 1.165) is 15.2 Å². The Labute approximate surface area is 158 Å². The maximum absolute atomic E-state index is 12.3. The van der Waals surface area contributed by atoms with Gasteiger partial charge in [0.2, 0.25) is 5.91 Å². The number of anilines is 1. The summed E-state index contributed by atoms with van der Waals surface area (Å²) >= 11 is 3.07. The molecule has 1 aliphatic heterocycles. The van der Waals surface area contributed by atoms with Crippen LogP contribution < -0.4 is 14.8 Å². The molecule has 2 aromatic heterocycles. The molecule has 26 heavy (non-hydrogen) atoms. The fourth-order valence-corrected chi connectivity index (χ4v) is 4.63. The summed E-state index contributed by atoms with van der Waals surface area (Å²) in [5.74, 6) is 1.54. The number of aryl methyl sites for hydroxylation is 2. The number of thiophene rings is 1. The topological polar surface area (TPSA) is 73.3 Å². The van der Waals surface area contributed by atoms with Crippen molar-refractivity contribution in [2.75, 3.05) is 24.3 Å². The highest BCUT2D eigenvalue weighted by molar-refractivity contribution is 8.00. The van der Waals surface area contributed by atoms with E-state index in [-0.39, 0.29) is 11.7 Å². The zero-order valence-electron chi connectivity index (χ0n) is 14.4. The molecule has 134 valence electrons. The molecule has 8 heteroatoms. The smallest absolute Gasteiger partial charge is 0.234 e. The monoisotopic (exact) mass is 387 g/mol. The Kier molecular flexibility index (Phi) is 4.69. The van der Waals surface area contributed by atoms with Crippen LogP contribution >= 0.6 is 23.1 Å². The minimum absolute atomic E-state index is 0.0944. The standard InChI is InChI=1S/C18H17N3O3S2/c1-10-11(2)26-18-16(10)17(19-9-20-18)25-8-15(22)21-12-3-4-13-14(7-12)24-6-5-23-13/h3-4,7,9H,5-6,8H2,1-2H3,(H,21,22). The molecule has 3 heterocycles. The number of rotatable bonds is 4. The van der Waals surface area contributed by atoms with Gasteiger partial charge in [-0.25, -0.2) is 9.97 Å². The largest absolute Gasteiger partial charge is 0.486 e. The molecule has 0 bridgehead atoms. The third-order valence-electron chi connectivity index (χ3n) is 4.10. The summed E-state index contributed by atoms with van der Waals surface area (Å²) in [6.07, 6.45) is 1.55. The first-order valence-corrected chi connectivity index (χ1v) is 9.95. The molecule has 0 saturated carbocycles. The number of nitrogens with zero attached hydrogens (tertiary/aromatic N) is 2. The number of ether oxygens (including phenoxy) is 2. The Hall–Kier alpha value is -2.32. The molecule has 1 aromatic carbocycles. The molecule has 0 atom stereocenters. The number of thioether (sulfide) groups is 1. The lowest BCUT2D eigenvalue weighted by atomic mass is 10.2. The Morgan fingerprint density at radius 2 is 2.04 bits per heavy atom. The van der Waals surface area contributed by atoms with Crippen LogP contribution in [0.25, 0.3) is 10.2 Å². The molecule has 1 aliphatic rings. The van der Waals surface area contributed by atoms with Crippen LogP contribution in [0.2, 0.25) is 0 Å². The van der Waals surface area contributed by atoms with Crippen molar-refractivity contribution < 1.29 is 14.3 Å². The molecular weight excluding hydrogens is 370 g/mol. The second-order valence-corrected chi connectivity index (χ2v) is 8.00. The van der Waals surface area contributed by atoms with Crippen molar-refractivity contribution in [2.45, 2.75) is 18.9 Å². The minimum atomic E-state index is -0.0944. The number of aromatic nitrogens is 2. The van der Waals surface area contributed by atoms with E-state index in [1.807, 2.05) is 12.1 Å². The normalized spacial score (nSPS) is 13.0. The fraction of sp³-hybridized carbons (Fsp3) is 0.278. The van der Waals surface area contributed by atoms with Crippen molar-refractivity contribution in [3.63, 3.8) is 0 Å². The van der Waals surface area contributed by atoms with E-state index in [0.29, 0.717) is 30.4 Å². The van der Waals surface area contributed by atoms with Gasteiger partial charge >= 0.3 is 0 Å². The zero-order valence-corrected chi connectivity index (χ0v) is 16.0. The third-order valence-corrected chi connectivity index (χ3v) is 6.20. The minimum Gasteiger partial charge on any atom is -0.486 e. The predicted octanol–water partition coefficient (Wildman–Crippen LogP) is 3.81. The first-order valence-electron chi connectivity index (χ1n) is 8.15. The van der Waals surface area contributed by atoms with E-state index in [2.05, 4.69) is 29.1 Å². The molecular formula is C18H17N3O3S2. The molecule has 4 rings (SSSR count). The zero-order chi connectivity index (χ0) is 18.1. The third kappa shape index (κ3) is 3.34. The summed E-state index contributed by atoms with van der Waals surface area (Å²) in [7, 11) is 0. The Bertz CT molecular complexity index is 987. The summed E-state index contributed by atoms with van der Waals surface area (Å²) in [6.45, 7) is 5.20. The van der Waals surface area contributed by atoms with Crippen LogP contribution in [-0.2, 0) is 4.79 Å². The highest BCUT2D eigenvalue weighted by Crippen LogP contribution is 2.35. The van der Waals surface area contributed by atoms with Gasteiger partial charge in [-0.2, -0.15) is 0 Å². The lowest BCUT2D eigenvalue weighted by molar-refractivity contribution is -0.113. The van der Waals surface area contributed by atoms with Crippen molar-refractivity contribution in [3.8, 4) is 11.5 Å². The van der Waals surface area contributed by atoms with Gasteiger partial charge in [-0.05, 0) is 31.5 Å². The van der Waals surface area contributed by atoms with Crippen LogP contribution in [0.4, 0.5) is 5.69 Å². The number of fused-ring (bicyclic) bond motifs is 2. The van der Waals surface area contributed by atoms with Gasteiger partial charge in [0.05, 0.1) is 5.75 Å². The number of hydrogen-bond donors (Lipinski definition) is 1. The second-order valence-electron chi connectivity index (χ2n) is 5.84. The van der Waals surface area contributed by atoms with Gasteiger partial charge in [0.25, 0.3) is 0 Å². The van der Waals surface area contributed by atoms with Gasteiger partial charge in [0.1, 0.15) is 29.4 Å². The van der Waals surface area contributed by atoms with Gasteiger partial charge in [-0.1, -0.05) is 11.8 Å². The van der Waals surface area contributed by atoms with Gasteiger partial charge in [-0.15, -0.1) is 11.3 Å². The molecule has 0 saturated heterocycles. The van der Waals surface area contributed by atoms with Crippen molar-refractivity contribution in [1.82, 2.24) is 9.97 Å². The number of hydrogen-bond acceptors (Lipinski definition) is 7. The SMILES string of the molecule is Cc1sc2ncnc(SCC(=O)Nc3ccc4c(c3)OCCO4)c2c1C. The molecule has 0 unspecified atom stereocenters. The van der Waals surface area contributed by atoms with Crippen LogP contribution in [0, 0.1) is 13.8 Å².